The van der Waals surface area contributed by atoms with Crippen LogP contribution in [0.25, 0.3) is 0 Å². The van der Waals surface area contributed by atoms with Gasteiger partial charge in [-0.3, -0.25) is 0 Å². The predicted octanol–water partition coefficient (Wildman–Crippen LogP) is 0.00310. The van der Waals surface area contributed by atoms with E-state index in [1.807, 2.05) is 0 Å². The molecule has 0 atom stereocenters. The average Bonchev–Trinajstić information content (AvgIpc) is 2.18. The van der Waals surface area contributed by atoms with Crippen LogP contribution in [-0.2, 0) is 0 Å². The minimum absolute atomic E-state index is 0. The monoisotopic (exact) mass is 216 g/mol. The van der Waals surface area contributed by atoms with Gasteiger partial charge in [-0.05, 0) is 26.0 Å². The molecule has 0 saturated heterocycles. The van der Waals surface area contributed by atoms with Crippen LogP contribution in [0.15, 0.2) is 30.3 Å². The third kappa shape index (κ3) is 2.97. The van der Waals surface area contributed by atoms with Gasteiger partial charge in [-0.15, -0.1) is 0 Å². The summed E-state index contributed by atoms with van der Waals surface area (Å²) in [5.41, 5.74) is 0. The van der Waals surface area contributed by atoms with Crippen molar-refractivity contribution in [2.75, 3.05) is 19.0 Å². The Bertz CT molecular complexity index is 229. The van der Waals surface area contributed by atoms with Crippen molar-refractivity contribution in [1.82, 2.24) is 0 Å². The smallest absolute Gasteiger partial charge is 0.0936 e. The van der Waals surface area contributed by atoms with Crippen molar-refractivity contribution in [3.05, 3.63) is 30.3 Å². The van der Waals surface area contributed by atoms with E-state index in [1.165, 1.54) is 12.3 Å². The summed E-state index contributed by atoms with van der Waals surface area (Å²) in [6, 6.07) is 11.0. The second-order valence-corrected chi connectivity index (χ2v) is 7.94. The van der Waals surface area contributed by atoms with E-state index >= 15 is 0 Å². The molecule has 0 unspecified atom stereocenters. The van der Waals surface area contributed by atoms with Gasteiger partial charge in [0, 0.05) is 7.26 Å². The molecule has 1 aromatic rings. The Hall–Kier alpha value is -0.0600. The first-order valence-electron chi connectivity index (χ1n) is 4.63. The molecule has 74 valence electrons. The largest absolute Gasteiger partial charge is 1.00 e. The fraction of sp³-hybridized carbons (Fsp3) is 0.455. The second kappa shape index (κ2) is 5.62. The standard InChI is InChI=1S/C11H18P.ClH/c1-4-12(3,5-2)11-9-7-6-8-10-11;/h6-10H,4-5H2,1-3H3;1H/q+1;/p-1. The highest BCUT2D eigenvalue weighted by atomic mass is 35.5. The normalized spacial score (nSPS) is 10.7. The van der Waals surface area contributed by atoms with Crippen LogP contribution in [0, 0.1) is 0 Å². The summed E-state index contributed by atoms with van der Waals surface area (Å²) in [7, 11) is -0.784. The molecule has 0 aliphatic rings. The molecule has 0 aromatic heterocycles. The maximum absolute atomic E-state index is 2.45. The van der Waals surface area contributed by atoms with Gasteiger partial charge >= 0.3 is 0 Å². The quantitative estimate of drug-likeness (QED) is 0.625. The Balaban J connectivity index is 0.00000144. The van der Waals surface area contributed by atoms with Crippen molar-refractivity contribution >= 4 is 12.6 Å². The van der Waals surface area contributed by atoms with Gasteiger partial charge in [0.1, 0.15) is 0 Å². The molecular formula is C11H18ClP. The third-order valence-corrected chi connectivity index (χ3v) is 7.11. The predicted molar refractivity (Wildman–Crippen MR) is 60.0 cm³/mol. The molecule has 13 heavy (non-hydrogen) atoms. The molecule has 0 N–H and O–H groups in total. The van der Waals surface area contributed by atoms with Crippen LogP contribution in [0.4, 0.5) is 0 Å². The van der Waals surface area contributed by atoms with Gasteiger partial charge in [-0.2, -0.15) is 0 Å². The minimum atomic E-state index is -0.784. The van der Waals surface area contributed by atoms with Crippen molar-refractivity contribution in [3.8, 4) is 0 Å². The molecule has 0 amide bonds. The van der Waals surface area contributed by atoms with Crippen molar-refractivity contribution < 1.29 is 12.4 Å². The summed E-state index contributed by atoms with van der Waals surface area (Å²) in [6.07, 6.45) is 2.65. The molecule has 0 nitrogen and oxygen atoms in total. The Morgan fingerprint density at radius 1 is 1.00 bits per heavy atom. The zero-order chi connectivity index (χ0) is 9.03. The zero-order valence-corrected chi connectivity index (χ0v) is 10.3. The number of benzene rings is 1. The van der Waals surface area contributed by atoms with Crippen LogP contribution < -0.4 is 17.7 Å². The first kappa shape index (κ1) is 12.9. The highest BCUT2D eigenvalue weighted by Crippen LogP contribution is 2.52. The Morgan fingerprint density at radius 2 is 1.46 bits per heavy atom. The molecule has 0 spiro atoms. The van der Waals surface area contributed by atoms with E-state index in [0.717, 1.165) is 0 Å². The number of halogens is 1. The van der Waals surface area contributed by atoms with E-state index in [9.17, 15) is 0 Å². The minimum Gasteiger partial charge on any atom is -1.00 e. The first-order chi connectivity index (χ1) is 5.73. The van der Waals surface area contributed by atoms with Gasteiger partial charge in [0.05, 0.1) is 24.3 Å². The lowest BCUT2D eigenvalue weighted by atomic mass is 10.4. The van der Waals surface area contributed by atoms with E-state index in [4.69, 9.17) is 0 Å². The highest BCUT2D eigenvalue weighted by Gasteiger charge is 2.29. The van der Waals surface area contributed by atoms with Gasteiger partial charge in [0.15, 0.2) is 0 Å². The van der Waals surface area contributed by atoms with E-state index in [2.05, 4.69) is 50.8 Å². The highest BCUT2D eigenvalue weighted by molar-refractivity contribution is 7.82. The van der Waals surface area contributed by atoms with Crippen LogP contribution in [0.5, 0.6) is 0 Å². The molecule has 0 fully saturated rings. The molecule has 1 aromatic carbocycles. The molecule has 0 heterocycles. The Morgan fingerprint density at radius 3 is 1.85 bits per heavy atom. The fourth-order valence-electron chi connectivity index (χ4n) is 1.38. The number of hydrogen-bond acceptors (Lipinski definition) is 0. The maximum atomic E-state index is 2.45. The van der Waals surface area contributed by atoms with Gasteiger partial charge in [-0.1, -0.05) is 18.2 Å². The van der Waals surface area contributed by atoms with Crippen LogP contribution >= 0.6 is 7.26 Å². The van der Waals surface area contributed by atoms with E-state index in [1.54, 1.807) is 5.30 Å². The van der Waals surface area contributed by atoms with Gasteiger partial charge in [-0.25, -0.2) is 0 Å². The van der Waals surface area contributed by atoms with Crippen molar-refractivity contribution in [3.63, 3.8) is 0 Å². The van der Waals surface area contributed by atoms with E-state index < -0.39 is 7.26 Å². The molecule has 0 bridgehead atoms. The Labute approximate surface area is 88.5 Å². The molecule has 1 rings (SSSR count). The van der Waals surface area contributed by atoms with Crippen molar-refractivity contribution in [2.24, 2.45) is 0 Å². The van der Waals surface area contributed by atoms with E-state index in [0.29, 0.717) is 0 Å². The van der Waals surface area contributed by atoms with Crippen molar-refractivity contribution in [1.29, 1.82) is 0 Å². The molecule has 0 aliphatic carbocycles. The van der Waals surface area contributed by atoms with Crippen LogP contribution in [-0.4, -0.2) is 19.0 Å². The topological polar surface area (TPSA) is 0 Å². The summed E-state index contributed by atoms with van der Waals surface area (Å²) >= 11 is 0. The van der Waals surface area contributed by atoms with Gasteiger partial charge < -0.3 is 12.4 Å². The lowest BCUT2D eigenvalue weighted by molar-refractivity contribution is -0.00000264. The maximum Gasteiger partial charge on any atom is 0.0936 e. The first-order valence-corrected chi connectivity index (χ1v) is 7.23. The van der Waals surface area contributed by atoms with Gasteiger partial charge in [0.2, 0.25) is 0 Å². The summed E-state index contributed by atoms with van der Waals surface area (Å²) in [5.74, 6) is 0. The third-order valence-electron chi connectivity index (χ3n) is 2.78. The summed E-state index contributed by atoms with van der Waals surface area (Å²) in [5, 5.41) is 1.58. The lowest BCUT2D eigenvalue weighted by Gasteiger charge is -2.19. The van der Waals surface area contributed by atoms with Crippen molar-refractivity contribution in [2.45, 2.75) is 13.8 Å². The van der Waals surface area contributed by atoms with Gasteiger partial charge in [0.25, 0.3) is 0 Å². The molecule has 0 radical (unpaired) electrons. The van der Waals surface area contributed by atoms with Crippen LogP contribution in [0.2, 0.25) is 0 Å². The molecule has 2 heteroatoms. The molecule has 0 aliphatic heterocycles. The molecular weight excluding hydrogens is 199 g/mol. The second-order valence-electron chi connectivity index (χ2n) is 3.36. The summed E-state index contributed by atoms with van der Waals surface area (Å²) in [6.45, 7) is 7.07. The Kier molecular flexibility index (Phi) is 5.60. The molecule has 0 saturated carbocycles. The SMILES string of the molecule is CC[P+](C)(CC)c1ccccc1.[Cl-]. The summed E-state index contributed by atoms with van der Waals surface area (Å²) < 4.78 is 0. The summed E-state index contributed by atoms with van der Waals surface area (Å²) in [4.78, 5) is 0. The van der Waals surface area contributed by atoms with Crippen LogP contribution in [0.3, 0.4) is 0 Å². The number of hydrogen-bond donors (Lipinski definition) is 0. The lowest BCUT2D eigenvalue weighted by Crippen LogP contribution is -3.00. The number of rotatable bonds is 3. The average molecular weight is 217 g/mol. The van der Waals surface area contributed by atoms with Crippen LogP contribution in [0.1, 0.15) is 13.8 Å². The fourth-order valence-corrected chi connectivity index (χ4v) is 3.45. The zero-order valence-electron chi connectivity index (χ0n) is 8.63. The van der Waals surface area contributed by atoms with E-state index in [-0.39, 0.29) is 12.4 Å².